The third-order valence-corrected chi connectivity index (χ3v) is 3.09. The summed E-state index contributed by atoms with van der Waals surface area (Å²) >= 11 is 0. The van der Waals surface area contributed by atoms with Crippen molar-refractivity contribution in [2.75, 3.05) is 13.1 Å². The van der Waals surface area contributed by atoms with Gasteiger partial charge in [0.2, 0.25) is 5.91 Å². The molecule has 1 aliphatic heterocycles. The van der Waals surface area contributed by atoms with Crippen molar-refractivity contribution >= 4 is 5.91 Å². The van der Waals surface area contributed by atoms with Gasteiger partial charge in [-0.25, -0.2) is 0 Å². The number of nitrogens with zero attached hydrogens (tertiary/aromatic N) is 1. The predicted molar refractivity (Wildman–Crippen MR) is 57.9 cm³/mol. The molecule has 0 spiro atoms. The lowest BCUT2D eigenvalue weighted by Gasteiger charge is -2.41. The largest absolute Gasteiger partial charge is 0.368 e. The van der Waals surface area contributed by atoms with E-state index in [1.54, 1.807) is 0 Å². The zero-order chi connectivity index (χ0) is 10.8. The number of piperidine rings is 1. The normalized spacial score (nSPS) is 24.5. The molecular weight excluding hydrogens is 176 g/mol. The average Bonchev–Trinajstić information content (AvgIpc) is 2.02. The summed E-state index contributed by atoms with van der Waals surface area (Å²) in [6.07, 6.45) is 3.25. The predicted octanol–water partition coefficient (Wildman–Crippen LogP) is 1.37. The summed E-state index contributed by atoms with van der Waals surface area (Å²) in [6, 6.07) is -0.0606. The number of hydrogen-bond acceptors (Lipinski definition) is 2. The quantitative estimate of drug-likeness (QED) is 0.744. The van der Waals surface area contributed by atoms with Crippen molar-refractivity contribution in [2.24, 2.45) is 11.1 Å². The summed E-state index contributed by atoms with van der Waals surface area (Å²) in [5.41, 5.74) is 5.72. The number of hydrogen-bond donors (Lipinski definition) is 1. The van der Waals surface area contributed by atoms with E-state index >= 15 is 0 Å². The van der Waals surface area contributed by atoms with Crippen LogP contribution in [0.25, 0.3) is 0 Å². The third-order valence-electron chi connectivity index (χ3n) is 3.09. The maximum absolute atomic E-state index is 11.2. The Labute approximate surface area is 86.6 Å². The van der Waals surface area contributed by atoms with Crippen LogP contribution in [0.1, 0.15) is 40.0 Å². The van der Waals surface area contributed by atoms with Crippen molar-refractivity contribution in [2.45, 2.75) is 46.1 Å². The van der Waals surface area contributed by atoms with Crippen molar-refractivity contribution in [3.05, 3.63) is 0 Å². The lowest BCUT2D eigenvalue weighted by atomic mass is 9.83. The molecule has 1 saturated heterocycles. The molecule has 82 valence electrons. The molecule has 1 aliphatic rings. The van der Waals surface area contributed by atoms with E-state index in [2.05, 4.69) is 18.7 Å². The molecule has 0 radical (unpaired) electrons. The Bertz CT molecular complexity index is 213. The van der Waals surface area contributed by atoms with E-state index in [4.69, 9.17) is 5.73 Å². The van der Waals surface area contributed by atoms with Crippen LogP contribution in [0, 0.1) is 5.41 Å². The van der Waals surface area contributed by atoms with Gasteiger partial charge in [-0.2, -0.15) is 0 Å². The van der Waals surface area contributed by atoms with Gasteiger partial charge < -0.3 is 5.73 Å². The smallest absolute Gasteiger partial charge is 0.234 e. The Morgan fingerprint density at radius 3 is 2.64 bits per heavy atom. The lowest BCUT2D eigenvalue weighted by molar-refractivity contribution is -0.124. The Morgan fingerprint density at radius 1 is 1.57 bits per heavy atom. The SMILES string of the molecule is CCC(C(N)=O)N1CCCC(C)(C)C1. The monoisotopic (exact) mass is 198 g/mol. The van der Waals surface area contributed by atoms with Crippen LogP contribution in [0.5, 0.6) is 0 Å². The summed E-state index contributed by atoms with van der Waals surface area (Å²) in [6.45, 7) is 8.55. The maximum atomic E-state index is 11.2. The first-order chi connectivity index (χ1) is 6.46. The molecule has 14 heavy (non-hydrogen) atoms. The van der Waals surface area contributed by atoms with Crippen LogP contribution >= 0.6 is 0 Å². The van der Waals surface area contributed by atoms with Gasteiger partial charge in [0.1, 0.15) is 0 Å². The number of primary amides is 1. The molecule has 0 aromatic heterocycles. The molecule has 3 heteroatoms. The van der Waals surface area contributed by atoms with Crippen LogP contribution in [0.15, 0.2) is 0 Å². The van der Waals surface area contributed by atoms with Crippen LogP contribution in [-0.4, -0.2) is 29.9 Å². The van der Waals surface area contributed by atoms with E-state index in [1.807, 2.05) is 6.92 Å². The van der Waals surface area contributed by atoms with E-state index < -0.39 is 0 Å². The molecule has 1 rings (SSSR count). The van der Waals surface area contributed by atoms with Crippen molar-refractivity contribution in [3.63, 3.8) is 0 Å². The van der Waals surface area contributed by atoms with Crippen molar-refractivity contribution in [1.82, 2.24) is 4.90 Å². The number of carbonyl (C=O) groups excluding carboxylic acids is 1. The topological polar surface area (TPSA) is 46.3 Å². The zero-order valence-electron chi connectivity index (χ0n) is 9.55. The number of likely N-dealkylation sites (tertiary alicyclic amines) is 1. The second-order valence-electron chi connectivity index (χ2n) is 5.06. The number of amides is 1. The highest BCUT2D eigenvalue weighted by Crippen LogP contribution is 2.29. The molecule has 1 atom stereocenters. The fourth-order valence-corrected chi connectivity index (χ4v) is 2.37. The summed E-state index contributed by atoms with van der Waals surface area (Å²) in [4.78, 5) is 13.5. The van der Waals surface area contributed by atoms with Crippen LogP contribution < -0.4 is 5.73 Å². The first-order valence-electron chi connectivity index (χ1n) is 5.49. The number of rotatable bonds is 3. The first-order valence-corrected chi connectivity index (χ1v) is 5.49. The van der Waals surface area contributed by atoms with Crippen LogP contribution in [-0.2, 0) is 4.79 Å². The number of carbonyl (C=O) groups is 1. The summed E-state index contributed by atoms with van der Waals surface area (Å²) in [5.74, 6) is -0.176. The molecular formula is C11H22N2O. The van der Waals surface area contributed by atoms with Gasteiger partial charge in [-0.15, -0.1) is 0 Å². The van der Waals surface area contributed by atoms with Crippen molar-refractivity contribution in [3.8, 4) is 0 Å². The van der Waals surface area contributed by atoms with Gasteiger partial charge in [0.15, 0.2) is 0 Å². The van der Waals surface area contributed by atoms with E-state index in [9.17, 15) is 4.79 Å². The van der Waals surface area contributed by atoms with Gasteiger partial charge in [0, 0.05) is 6.54 Å². The van der Waals surface area contributed by atoms with Gasteiger partial charge in [-0.05, 0) is 31.2 Å². The molecule has 1 unspecified atom stereocenters. The Balaban J connectivity index is 2.62. The van der Waals surface area contributed by atoms with Gasteiger partial charge >= 0.3 is 0 Å². The molecule has 0 aliphatic carbocycles. The molecule has 1 heterocycles. The molecule has 2 N–H and O–H groups in total. The Hall–Kier alpha value is -0.570. The van der Waals surface area contributed by atoms with E-state index in [1.165, 1.54) is 12.8 Å². The second-order valence-corrected chi connectivity index (χ2v) is 5.06. The summed E-state index contributed by atoms with van der Waals surface area (Å²) in [7, 11) is 0. The van der Waals surface area contributed by atoms with E-state index in [0.29, 0.717) is 5.41 Å². The van der Waals surface area contributed by atoms with Crippen LogP contribution in [0.3, 0.4) is 0 Å². The molecule has 0 bridgehead atoms. The fourth-order valence-electron chi connectivity index (χ4n) is 2.37. The average molecular weight is 198 g/mol. The van der Waals surface area contributed by atoms with E-state index in [-0.39, 0.29) is 11.9 Å². The molecule has 3 nitrogen and oxygen atoms in total. The summed E-state index contributed by atoms with van der Waals surface area (Å²) in [5, 5.41) is 0. The highest BCUT2D eigenvalue weighted by molar-refractivity contribution is 5.79. The standard InChI is InChI=1S/C11H22N2O/c1-4-9(10(12)14)13-7-5-6-11(2,3)8-13/h9H,4-8H2,1-3H3,(H2,12,14). The van der Waals surface area contributed by atoms with Gasteiger partial charge in [-0.1, -0.05) is 20.8 Å². The maximum Gasteiger partial charge on any atom is 0.234 e. The number of nitrogens with two attached hydrogens (primary N) is 1. The van der Waals surface area contributed by atoms with Gasteiger partial charge in [0.25, 0.3) is 0 Å². The molecule has 0 saturated carbocycles. The van der Waals surface area contributed by atoms with Crippen molar-refractivity contribution < 1.29 is 4.79 Å². The highest BCUT2D eigenvalue weighted by atomic mass is 16.1. The third kappa shape index (κ3) is 2.71. The van der Waals surface area contributed by atoms with Crippen LogP contribution in [0.2, 0.25) is 0 Å². The van der Waals surface area contributed by atoms with Crippen LogP contribution in [0.4, 0.5) is 0 Å². The zero-order valence-corrected chi connectivity index (χ0v) is 9.55. The second kappa shape index (κ2) is 4.30. The molecule has 0 aromatic rings. The molecule has 1 fully saturated rings. The molecule has 0 aromatic carbocycles. The lowest BCUT2D eigenvalue weighted by Crippen LogP contribution is -2.50. The fraction of sp³-hybridized carbons (Fsp3) is 0.909. The Kier molecular flexibility index (Phi) is 3.53. The van der Waals surface area contributed by atoms with E-state index in [0.717, 1.165) is 19.5 Å². The summed E-state index contributed by atoms with van der Waals surface area (Å²) < 4.78 is 0. The first kappa shape index (κ1) is 11.5. The minimum Gasteiger partial charge on any atom is -0.368 e. The van der Waals surface area contributed by atoms with Gasteiger partial charge in [-0.3, -0.25) is 9.69 Å². The Morgan fingerprint density at radius 2 is 2.21 bits per heavy atom. The molecule has 1 amide bonds. The highest BCUT2D eigenvalue weighted by Gasteiger charge is 2.31. The van der Waals surface area contributed by atoms with Crippen molar-refractivity contribution in [1.29, 1.82) is 0 Å². The van der Waals surface area contributed by atoms with Gasteiger partial charge in [0.05, 0.1) is 6.04 Å². The minimum atomic E-state index is -0.176. The minimum absolute atomic E-state index is 0.0606.